The van der Waals surface area contributed by atoms with Crippen LogP contribution in [0.25, 0.3) is 0 Å². The Kier molecular flexibility index (Phi) is 3.37. The van der Waals surface area contributed by atoms with Gasteiger partial charge < -0.3 is 16.8 Å². The van der Waals surface area contributed by atoms with Gasteiger partial charge in [-0.1, -0.05) is 0 Å². The van der Waals surface area contributed by atoms with Gasteiger partial charge in [-0.25, -0.2) is 4.39 Å². The molecule has 0 aliphatic rings. The number of nitrogen functional groups attached to an aromatic ring is 1. The van der Waals surface area contributed by atoms with Crippen LogP contribution in [0.1, 0.15) is 13.8 Å². The van der Waals surface area contributed by atoms with Crippen molar-refractivity contribution in [3.8, 4) is 0 Å². The van der Waals surface area contributed by atoms with E-state index in [0.717, 1.165) is 0 Å². The van der Waals surface area contributed by atoms with Crippen molar-refractivity contribution in [2.75, 3.05) is 17.6 Å². The van der Waals surface area contributed by atoms with Crippen LogP contribution in [0.5, 0.6) is 0 Å². The molecule has 0 atom stereocenters. The molecular weight excluding hydrogens is 209 g/mol. The van der Waals surface area contributed by atoms with Crippen molar-refractivity contribution in [1.29, 1.82) is 0 Å². The molecule has 88 valence electrons. The SMILES string of the molecule is CC(C)(CNc1cc(N)cc(F)c1)C(N)=O. The first-order valence-corrected chi connectivity index (χ1v) is 4.91. The number of primary amides is 1. The third-order valence-electron chi connectivity index (χ3n) is 2.32. The molecule has 0 aliphatic heterocycles. The number of nitrogens with two attached hydrogens (primary N) is 2. The monoisotopic (exact) mass is 225 g/mol. The third-order valence-corrected chi connectivity index (χ3v) is 2.32. The Morgan fingerprint density at radius 3 is 2.56 bits per heavy atom. The van der Waals surface area contributed by atoms with Crippen LogP contribution in [0.4, 0.5) is 15.8 Å². The molecule has 0 aromatic heterocycles. The third kappa shape index (κ3) is 3.12. The summed E-state index contributed by atoms with van der Waals surface area (Å²) in [5, 5.41) is 2.93. The van der Waals surface area contributed by atoms with E-state index in [-0.39, 0.29) is 0 Å². The zero-order valence-corrected chi connectivity index (χ0v) is 9.38. The summed E-state index contributed by atoms with van der Waals surface area (Å²) in [7, 11) is 0. The lowest BCUT2D eigenvalue weighted by atomic mass is 9.92. The topological polar surface area (TPSA) is 81.1 Å². The summed E-state index contributed by atoms with van der Waals surface area (Å²) >= 11 is 0. The zero-order chi connectivity index (χ0) is 12.3. The predicted molar refractivity (Wildman–Crippen MR) is 62.3 cm³/mol. The molecule has 1 aromatic rings. The molecule has 0 heterocycles. The lowest BCUT2D eigenvalue weighted by Crippen LogP contribution is -2.37. The van der Waals surface area contributed by atoms with Gasteiger partial charge >= 0.3 is 0 Å². The van der Waals surface area contributed by atoms with Crippen molar-refractivity contribution >= 4 is 17.3 Å². The summed E-state index contributed by atoms with van der Waals surface area (Å²) in [6.07, 6.45) is 0. The maximum absolute atomic E-state index is 13.0. The fourth-order valence-corrected chi connectivity index (χ4v) is 1.12. The fourth-order valence-electron chi connectivity index (χ4n) is 1.12. The molecule has 0 saturated heterocycles. The molecule has 4 nitrogen and oxygen atoms in total. The Balaban J connectivity index is 2.71. The van der Waals surface area contributed by atoms with Gasteiger partial charge in [0.15, 0.2) is 0 Å². The average molecular weight is 225 g/mol. The first-order chi connectivity index (χ1) is 7.31. The summed E-state index contributed by atoms with van der Waals surface area (Å²) in [6, 6.07) is 4.14. The molecule has 5 heteroatoms. The van der Waals surface area contributed by atoms with Crippen molar-refractivity contribution < 1.29 is 9.18 Å². The number of halogens is 1. The summed E-state index contributed by atoms with van der Waals surface area (Å²) in [4.78, 5) is 11.1. The van der Waals surface area contributed by atoms with E-state index in [1.54, 1.807) is 19.9 Å². The number of hydrogen-bond acceptors (Lipinski definition) is 3. The van der Waals surface area contributed by atoms with Crippen molar-refractivity contribution in [3.63, 3.8) is 0 Å². The Morgan fingerprint density at radius 2 is 2.06 bits per heavy atom. The van der Waals surface area contributed by atoms with Gasteiger partial charge in [0, 0.05) is 17.9 Å². The molecule has 1 rings (SSSR count). The Morgan fingerprint density at radius 1 is 1.44 bits per heavy atom. The van der Waals surface area contributed by atoms with Crippen LogP contribution in [0.2, 0.25) is 0 Å². The van der Waals surface area contributed by atoms with Crippen LogP contribution < -0.4 is 16.8 Å². The molecule has 5 N–H and O–H groups in total. The molecule has 1 aromatic carbocycles. The van der Waals surface area contributed by atoms with Crippen LogP contribution in [-0.4, -0.2) is 12.5 Å². The highest BCUT2D eigenvalue weighted by molar-refractivity contribution is 5.80. The van der Waals surface area contributed by atoms with E-state index in [0.29, 0.717) is 17.9 Å². The molecule has 1 amide bonds. The van der Waals surface area contributed by atoms with Crippen LogP contribution in [0, 0.1) is 11.2 Å². The van der Waals surface area contributed by atoms with Gasteiger partial charge in [-0.2, -0.15) is 0 Å². The number of rotatable bonds is 4. The summed E-state index contributed by atoms with van der Waals surface area (Å²) in [5.74, 6) is -0.830. The van der Waals surface area contributed by atoms with Crippen molar-refractivity contribution in [2.45, 2.75) is 13.8 Å². The highest BCUT2D eigenvalue weighted by Crippen LogP contribution is 2.19. The van der Waals surface area contributed by atoms with E-state index in [1.165, 1.54) is 12.1 Å². The molecule has 0 saturated carbocycles. The second kappa shape index (κ2) is 4.38. The van der Waals surface area contributed by atoms with E-state index >= 15 is 0 Å². The van der Waals surface area contributed by atoms with Gasteiger partial charge in [0.2, 0.25) is 5.91 Å². The maximum Gasteiger partial charge on any atom is 0.224 e. The number of hydrogen-bond donors (Lipinski definition) is 3. The molecule has 0 unspecified atom stereocenters. The minimum Gasteiger partial charge on any atom is -0.399 e. The van der Waals surface area contributed by atoms with Crippen molar-refractivity contribution in [1.82, 2.24) is 0 Å². The largest absolute Gasteiger partial charge is 0.399 e. The van der Waals surface area contributed by atoms with Gasteiger partial charge in [0.05, 0.1) is 5.41 Å². The summed E-state index contributed by atoms with van der Waals surface area (Å²) < 4.78 is 13.0. The van der Waals surface area contributed by atoms with Gasteiger partial charge in [-0.15, -0.1) is 0 Å². The zero-order valence-electron chi connectivity index (χ0n) is 9.38. The number of benzene rings is 1. The first-order valence-electron chi connectivity index (χ1n) is 4.91. The van der Waals surface area contributed by atoms with E-state index in [1.807, 2.05) is 0 Å². The lowest BCUT2D eigenvalue weighted by Gasteiger charge is -2.21. The second-order valence-electron chi connectivity index (χ2n) is 4.37. The molecular formula is C11H16FN3O. The maximum atomic E-state index is 13.0. The minimum atomic E-state index is -0.693. The minimum absolute atomic E-state index is 0.325. The normalized spacial score (nSPS) is 11.2. The lowest BCUT2D eigenvalue weighted by molar-refractivity contribution is -0.125. The summed E-state index contributed by atoms with van der Waals surface area (Å²) in [6.45, 7) is 3.75. The Bertz CT molecular complexity index is 384. The van der Waals surface area contributed by atoms with Gasteiger partial charge in [0.1, 0.15) is 5.82 Å². The molecule has 0 radical (unpaired) electrons. The molecule has 16 heavy (non-hydrogen) atoms. The van der Waals surface area contributed by atoms with E-state index in [9.17, 15) is 9.18 Å². The van der Waals surface area contributed by atoms with Crippen LogP contribution in [0.15, 0.2) is 18.2 Å². The van der Waals surface area contributed by atoms with Crippen molar-refractivity contribution in [2.24, 2.45) is 11.1 Å². The highest BCUT2D eigenvalue weighted by Gasteiger charge is 2.24. The number of carbonyl (C=O) groups excluding carboxylic acids is 1. The summed E-state index contributed by atoms with van der Waals surface area (Å²) in [5.41, 5.74) is 10.9. The quantitative estimate of drug-likeness (QED) is 0.676. The number of nitrogens with one attached hydrogen (secondary N) is 1. The number of amides is 1. The first kappa shape index (κ1) is 12.3. The van der Waals surface area contributed by atoms with Gasteiger partial charge in [-0.05, 0) is 32.0 Å². The van der Waals surface area contributed by atoms with Gasteiger partial charge in [0.25, 0.3) is 0 Å². The predicted octanol–water partition coefficient (Wildman–Crippen LogP) is 1.33. The highest BCUT2D eigenvalue weighted by atomic mass is 19.1. The number of anilines is 2. The van der Waals surface area contributed by atoms with E-state index in [2.05, 4.69) is 5.32 Å². The smallest absolute Gasteiger partial charge is 0.224 e. The van der Waals surface area contributed by atoms with Crippen LogP contribution in [-0.2, 0) is 4.79 Å². The molecule has 0 aliphatic carbocycles. The number of carbonyl (C=O) groups is 1. The Labute approximate surface area is 93.8 Å². The molecule has 0 bridgehead atoms. The average Bonchev–Trinajstić information content (AvgIpc) is 2.13. The van der Waals surface area contributed by atoms with Crippen LogP contribution >= 0.6 is 0 Å². The van der Waals surface area contributed by atoms with Crippen LogP contribution in [0.3, 0.4) is 0 Å². The van der Waals surface area contributed by atoms with E-state index in [4.69, 9.17) is 11.5 Å². The fraction of sp³-hybridized carbons (Fsp3) is 0.364. The molecule has 0 spiro atoms. The second-order valence-corrected chi connectivity index (χ2v) is 4.37. The van der Waals surface area contributed by atoms with Crippen molar-refractivity contribution in [3.05, 3.63) is 24.0 Å². The van der Waals surface area contributed by atoms with E-state index < -0.39 is 17.1 Å². The van der Waals surface area contributed by atoms with Gasteiger partial charge in [-0.3, -0.25) is 4.79 Å². The standard InChI is InChI=1S/C11H16FN3O/c1-11(2,10(14)16)6-15-9-4-7(12)3-8(13)5-9/h3-5,15H,6,13H2,1-2H3,(H2,14,16). The molecule has 0 fully saturated rings. The Hall–Kier alpha value is -1.78.